The van der Waals surface area contributed by atoms with Crippen LogP contribution in [-0.4, -0.2) is 19.1 Å². The molecule has 4 heteroatoms. The maximum Gasteiger partial charge on any atom is 0.235 e. The monoisotopic (exact) mass is 510 g/mol. The highest BCUT2D eigenvalue weighted by Crippen LogP contribution is 2.38. The first-order valence-electron chi connectivity index (χ1n) is 13.5. The first-order chi connectivity index (χ1) is 19.8. The molecule has 0 aliphatic rings. The highest BCUT2D eigenvalue weighted by molar-refractivity contribution is 6.18. The Labute approximate surface area is 229 Å². The zero-order valence-electron chi connectivity index (χ0n) is 21.5. The Balaban J connectivity index is 1.40. The summed E-state index contributed by atoms with van der Waals surface area (Å²) in [6.07, 6.45) is 1.92. The van der Waals surface area contributed by atoms with Gasteiger partial charge in [0.05, 0.1) is 27.6 Å². The molecule has 186 valence electrons. The minimum Gasteiger partial charge on any atom is -0.309 e. The minimum atomic E-state index is 0.686. The fourth-order valence-corrected chi connectivity index (χ4v) is 6.32. The molecule has 0 atom stereocenters. The van der Waals surface area contributed by atoms with E-state index in [2.05, 4.69) is 118 Å². The van der Waals surface area contributed by atoms with Crippen molar-refractivity contribution < 1.29 is 0 Å². The van der Waals surface area contributed by atoms with Gasteiger partial charge in [-0.15, -0.1) is 0 Å². The van der Waals surface area contributed by atoms with Crippen LogP contribution in [0.1, 0.15) is 0 Å². The number of para-hydroxylation sites is 4. The molecular formula is C36H22N4. The van der Waals surface area contributed by atoms with E-state index in [0.29, 0.717) is 5.95 Å². The molecule has 6 aromatic carbocycles. The van der Waals surface area contributed by atoms with Crippen LogP contribution in [0.3, 0.4) is 0 Å². The number of nitrogens with zero attached hydrogens (tertiary/aromatic N) is 4. The Bertz CT molecular complexity index is 2430. The van der Waals surface area contributed by atoms with Crippen molar-refractivity contribution in [3.8, 4) is 11.6 Å². The molecule has 3 heterocycles. The van der Waals surface area contributed by atoms with E-state index in [-0.39, 0.29) is 0 Å². The molecule has 0 unspecified atom stereocenters. The lowest BCUT2D eigenvalue weighted by molar-refractivity contribution is 1.01. The van der Waals surface area contributed by atoms with Gasteiger partial charge in [-0.05, 0) is 65.4 Å². The molecule has 0 amide bonds. The fraction of sp³-hybridized carbons (Fsp3) is 0. The zero-order chi connectivity index (χ0) is 26.2. The molecule has 0 saturated carbocycles. The summed E-state index contributed by atoms with van der Waals surface area (Å²) in [5.74, 6) is 0.686. The predicted molar refractivity (Wildman–Crippen MR) is 166 cm³/mol. The smallest absolute Gasteiger partial charge is 0.235 e. The van der Waals surface area contributed by atoms with Gasteiger partial charge in [0.1, 0.15) is 0 Å². The van der Waals surface area contributed by atoms with Gasteiger partial charge in [0.2, 0.25) is 5.95 Å². The highest BCUT2D eigenvalue weighted by atomic mass is 15.2. The second kappa shape index (κ2) is 8.01. The van der Waals surface area contributed by atoms with Crippen molar-refractivity contribution in [3.05, 3.63) is 134 Å². The molecule has 0 spiro atoms. The Kier molecular flexibility index (Phi) is 4.30. The molecule has 0 aliphatic heterocycles. The Morgan fingerprint density at radius 3 is 1.73 bits per heavy atom. The van der Waals surface area contributed by atoms with Gasteiger partial charge in [-0.1, -0.05) is 72.8 Å². The second-order valence-electron chi connectivity index (χ2n) is 10.4. The van der Waals surface area contributed by atoms with Crippen molar-refractivity contribution in [2.24, 2.45) is 0 Å². The Morgan fingerprint density at radius 1 is 0.425 bits per heavy atom. The lowest BCUT2D eigenvalue weighted by Crippen LogP contribution is -2.00. The summed E-state index contributed by atoms with van der Waals surface area (Å²) in [6, 6.07) is 45.3. The fourth-order valence-electron chi connectivity index (χ4n) is 6.32. The number of benzene rings is 6. The number of rotatable bonds is 2. The van der Waals surface area contributed by atoms with E-state index < -0.39 is 0 Å². The summed E-state index contributed by atoms with van der Waals surface area (Å²) in [5.41, 5.74) is 6.74. The van der Waals surface area contributed by atoms with E-state index >= 15 is 0 Å². The molecule has 4 nitrogen and oxygen atoms in total. The quantitative estimate of drug-likeness (QED) is 0.233. The molecule has 9 rings (SSSR count). The van der Waals surface area contributed by atoms with Crippen LogP contribution in [0.4, 0.5) is 0 Å². The Hall–Kier alpha value is -5.48. The standard InChI is InChI=1S/C36H22N4/c1-2-11-26(12-3-1)39-32-16-8-5-13-27(32)29-18-25-21-35-30(19-24(25)20-34(29)39)28-14-6-9-17-33(28)40(35)36-37-22-23-10-4-7-15-31(23)38-36/h1-22H. The van der Waals surface area contributed by atoms with E-state index in [1.54, 1.807) is 0 Å². The summed E-state index contributed by atoms with van der Waals surface area (Å²) >= 11 is 0. The molecule has 0 saturated heterocycles. The topological polar surface area (TPSA) is 35.6 Å². The van der Waals surface area contributed by atoms with Gasteiger partial charge < -0.3 is 4.57 Å². The van der Waals surface area contributed by atoms with Gasteiger partial charge in [0.25, 0.3) is 0 Å². The number of hydrogen-bond donors (Lipinski definition) is 0. The third-order valence-electron chi connectivity index (χ3n) is 8.11. The highest BCUT2D eigenvalue weighted by Gasteiger charge is 2.17. The lowest BCUT2D eigenvalue weighted by Gasteiger charge is -2.09. The lowest BCUT2D eigenvalue weighted by atomic mass is 10.0. The Morgan fingerprint density at radius 2 is 1.00 bits per heavy atom. The van der Waals surface area contributed by atoms with Crippen molar-refractivity contribution in [2.75, 3.05) is 0 Å². The van der Waals surface area contributed by atoms with Gasteiger partial charge in [-0.3, -0.25) is 4.57 Å². The molecule has 0 bridgehead atoms. The van der Waals surface area contributed by atoms with Crippen LogP contribution in [0.2, 0.25) is 0 Å². The third kappa shape index (κ3) is 2.96. The molecule has 0 fully saturated rings. The molecule has 0 N–H and O–H groups in total. The number of aromatic nitrogens is 4. The van der Waals surface area contributed by atoms with E-state index in [1.807, 2.05) is 24.4 Å². The van der Waals surface area contributed by atoms with Gasteiger partial charge in [0, 0.05) is 38.8 Å². The predicted octanol–water partition coefficient (Wildman–Crippen LogP) is 8.98. The van der Waals surface area contributed by atoms with Crippen LogP contribution in [0.25, 0.3) is 76.9 Å². The third-order valence-corrected chi connectivity index (χ3v) is 8.11. The zero-order valence-corrected chi connectivity index (χ0v) is 21.5. The van der Waals surface area contributed by atoms with Crippen LogP contribution in [-0.2, 0) is 0 Å². The van der Waals surface area contributed by atoms with Crippen LogP contribution in [0.5, 0.6) is 0 Å². The van der Waals surface area contributed by atoms with Crippen LogP contribution >= 0.6 is 0 Å². The molecule has 3 aromatic heterocycles. The van der Waals surface area contributed by atoms with Crippen molar-refractivity contribution in [3.63, 3.8) is 0 Å². The van der Waals surface area contributed by atoms with E-state index in [1.165, 1.54) is 49.0 Å². The maximum atomic E-state index is 4.97. The first-order valence-corrected chi connectivity index (χ1v) is 13.5. The van der Waals surface area contributed by atoms with Crippen molar-refractivity contribution in [1.82, 2.24) is 19.1 Å². The van der Waals surface area contributed by atoms with Gasteiger partial charge in [-0.2, -0.15) is 0 Å². The number of hydrogen-bond acceptors (Lipinski definition) is 2. The van der Waals surface area contributed by atoms with Gasteiger partial charge >= 0.3 is 0 Å². The average Bonchev–Trinajstić information content (AvgIpc) is 3.51. The summed E-state index contributed by atoms with van der Waals surface area (Å²) < 4.78 is 4.58. The SMILES string of the molecule is c1ccc(-n2c3ccccc3c3cc4cc5c(cc4cc32)c2ccccc2n5-c2ncc3ccccc3n2)cc1. The van der Waals surface area contributed by atoms with Crippen molar-refractivity contribution >= 4 is 65.3 Å². The molecule has 0 aliphatic carbocycles. The minimum absolute atomic E-state index is 0.686. The second-order valence-corrected chi connectivity index (χ2v) is 10.4. The van der Waals surface area contributed by atoms with Crippen LogP contribution in [0.15, 0.2) is 134 Å². The summed E-state index contributed by atoms with van der Waals surface area (Å²) in [6.45, 7) is 0. The van der Waals surface area contributed by atoms with Crippen molar-refractivity contribution in [1.29, 1.82) is 0 Å². The summed E-state index contributed by atoms with van der Waals surface area (Å²) in [5, 5.41) is 8.33. The van der Waals surface area contributed by atoms with E-state index in [0.717, 1.165) is 21.9 Å². The largest absolute Gasteiger partial charge is 0.309 e. The van der Waals surface area contributed by atoms with Crippen molar-refractivity contribution in [2.45, 2.75) is 0 Å². The van der Waals surface area contributed by atoms with Crippen LogP contribution in [0, 0.1) is 0 Å². The molecule has 9 aromatic rings. The van der Waals surface area contributed by atoms with E-state index in [9.17, 15) is 0 Å². The summed E-state index contributed by atoms with van der Waals surface area (Å²) in [7, 11) is 0. The average molecular weight is 511 g/mol. The summed E-state index contributed by atoms with van der Waals surface area (Å²) in [4.78, 5) is 9.78. The van der Waals surface area contributed by atoms with Crippen LogP contribution < -0.4 is 0 Å². The first kappa shape index (κ1) is 21.5. The van der Waals surface area contributed by atoms with E-state index in [4.69, 9.17) is 9.97 Å². The molecule has 40 heavy (non-hydrogen) atoms. The molecule has 0 radical (unpaired) electrons. The van der Waals surface area contributed by atoms with Gasteiger partial charge in [-0.25, -0.2) is 9.97 Å². The number of fused-ring (bicyclic) bond motifs is 8. The van der Waals surface area contributed by atoms with Gasteiger partial charge in [0.15, 0.2) is 0 Å². The maximum absolute atomic E-state index is 4.97. The molecular weight excluding hydrogens is 488 g/mol. The normalized spacial score (nSPS) is 12.0.